The van der Waals surface area contributed by atoms with Crippen molar-refractivity contribution in [3.63, 3.8) is 0 Å². The van der Waals surface area contributed by atoms with Crippen LogP contribution in [0.15, 0.2) is 6.07 Å². The summed E-state index contributed by atoms with van der Waals surface area (Å²) < 4.78 is 16.0. The number of piperidine rings is 1. The van der Waals surface area contributed by atoms with E-state index in [9.17, 15) is 4.39 Å². The van der Waals surface area contributed by atoms with Crippen molar-refractivity contribution in [3.8, 4) is 0 Å². The van der Waals surface area contributed by atoms with Crippen LogP contribution in [0.2, 0.25) is 0 Å². The van der Waals surface area contributed by atoms with E-state index in [0.717, 1.165) is 37.2 Å². The minimum absolute atomic E-state index is 0.0312. The highest BCUT2D eigenvalue weighted by atomic mass is 19.1. The van der Waals surface area contributed by atoms with E-state index in [1.54, 1.807) is 0 Å². The van der Waals surface area contributed by atoms with Gasteiger partial charge in [0, 0.05) is 25.2 Å². The number of halogens is 1. The lowest BCUT2D eigenvalue weighted by Gasteiger charge is -2.26. The maximum absolute atomic E-state index is 14.2. The Morgan fingerprint density at radius 2 is 2.41 bits per heavy atom. The number of aromatic nitrogens is 2. The van der Waals surface area contributed by atoms with E-state index in [-0.39, 0.29) is 6.04 Å². The number of hydrogen-bond acceptors (Lipinski definition) is 2. The molecule has 96 valence electrons. The summed E-state index contributed by atoms with van der Waals surface area (Å²) in [5, 5.41) is 7.63. The lowest BCUT2D eigenvalue weighted by atomic mass is 9.98. The lowest BCUT2D eigenvalue weighted by molar-refractivity contribution is 0.214. The van der Waals surface area contributed by atoms with Gasteiger partial charge in [-0.1, -0.05) is 13.3 Å². The lowest BCUT2D eigenvalue weighted by Crippen LogP contribution is -2.42. The topological polar surface area (TPSA) is 29.9 Å². The molecule has 0 bridgehead atoms. The third kappa shape index (κ3) is 3.06. The summed E-state index contributed by atoms with van der Waals surface area (Å²) in [6.07, 6.45) is 3.86. The number of rotatable bonds is 4. The zero-order valence-corrected chi connectivity index (χ0v) is 10.7. The highest BCUT2D eigenvalue weighted by Crippen LogP contribution is 2.17. The second-order valence-electron chi connectivity index (χ2n) is 4.88. The molecule has 1 aliphatic heterocycles. The Kier molecular flexibility index (Phi) is 4.15. The minimum Gasteiger partial charge on any atom is -0.311 e. The molecule has 17 heavy (non-hydrogen) atoms. The first kappa shape index (κ1) is 12.6. The fourth-order valence-corrected chi connectivity index (χ4v) is 2.46. The van der Waals surface area contributed by atoms with E-state index in [1.807, 2.05) is 17.8 Å². The molecule has 0 radical (unpaired) electrons. The molecule has 0 spiro atoms. The average molecular weight is 239 g/mol. The van der Waals surface area contributed by atoms with Crippen molar-refractivity contribution < 1.29 is 4.39 Å². The zero-order chi connectivity index (χ0) is 12.3. The van der Waals surface area contributed by atoms with Gasteiger partial charge in [-0.05, 0) is 31.9 Å². The summed E-state index contributed by atoms with van der Waals surface area (Å²) >= 11 is 0. The number of alkyl halides is 1. The van der Waals surface area contributed by atoms with E-state index in [1.165, 1.54) is 6.42 Å². The van der Waals surface area contributed by atoms with Gasteiger partial charge >= 0.3 is 0 Å². The largest absolute Gasteiger partial charge is 0.311 e. The van der Waals surface area contributed by atoms with Gasteiger partial charge in [0.2, 0.25) is 0 Å². The van der Waals surface area contributed by atoms with Gasteiger partial charge in [-0.25, -0.2) is 4.39 Å². The van der Waals surface area contributed by atoms with Gasteiger partial charge in [-0.15, -0.1) is 0 Å². The molecule has 4 heteroatoms. The number of aryl methyl sites for hydroxylation is 2. The highest BCUT2D eigenvalue weighted by molar-refractivity contribution is 5.11. The molecule has 1 N–H and O–H groups in total. The molecule has 3 nitrogen and oxygen atoms in total. The first-order chi connectivity index (χ1) is 8.20. The van der Waals surface area contributed by atoms with Crippen molar-refractivity contribution >= 4 is 0 Å². The minimum atomic E-state index is -0.796. The molecule has 2 heterocycles. The van der Waals surface area contributed by atoms with Gasteiger partial charge in [-0.3, -0.25) is 4.68 Å². The Morgan fingerprint density at radius 3 is 3.00 bits per heavy atom. The van der Waals surface area contributed by atoms with Gasteiger partial charge in [0.05, 0.1) is 5.69 Å². The summed E-state index contributed by atoms with van der Waals surface area (Å²) in [6.45, 7) is 3.03. The normalized spacial score (nSPS) is 22.6. The van der Waals surface area contributed by atoms with Crippen LogP contribution in [0.3, 0.4) is 0 Å². The Bertz CT molecular complexity index is 356. The fourth-order valence-electron chi connectivity index (χ4n) is 2.46. The van der Waals surface area contributed by atoms with Crippen LogP contribution >= 0.6 is 0 Å². The van der Waals surface area contributed by atoms with Crippen molar-refractivity contribution in [2.45, 2.75) is 51.2 Å². The zero-order valence-electron chi connectivity index (χ0n) is 10.7. The van der Waals surface area contributed by atoms with Gasteiger partial charge in [0.15, 0.2) is 0 Å². The fraction of sp³-hybridized carbons (Fsp3) is 0.769. The van der Waals surface area contributed by atoms with Crippen molar-refractivity contribution in [2.75, 3.05) is 6.54 Å². The third-order valence-electron chi connectivity index (χ3n) is 3.58. The van der Waals surface area contributed by atoms with Crippen molar-refractivity contribution in [2.24, 2.45) is 7.05 Å². The SMILES string of the molecule is CCc1cc(CC(F)C2CCCCN2)n(C)n1. The molecule has 2 rings (SSSR count). The molecule has 0 amide bonds. The molecule has 0 saturated carbocycles. The van der Waals surface area contributed by atoms with Crippen LogP contribution in [0.5, 0.6) is 0 Å². The van der Waals surface area contributed by atoms with Gasteiger partial charge < -0.3 is 5.32 Å². The Balaban J connectivity index is 1.96. The molecule has 1 fully saturated rings. The first-order valence-electron chi connectivity index (χ1n) is 6.60. The summed E-state index contributed by atoms with van der Waals surface area (Å²) in [4.78, 5) is 0. The average Bonchev–Trinajstić information content (AvgIpc) is 2.71. The molecule has 2 atom stereocenters. The van der Waals surface area contributed by atoms with Crippen LogP contribution in [0.25, 0.3) is 0 Å². The molecule has 2 unspecified atom stereocenters. The van der Waals surface area contributed by atoms with Crippen LogP contribution < -0.4 is 5.32 Å². The first-order valence-corrected chi connectivity index (χ1v) is 6.60. The predicted molar refractivity (Wildman–Crippen MR) is 66.8 cm³/mol. The molecule has 1 aromatic heterocycles. The number of hydrogen-bond donors (Lipinski definition) is 1. The summed E-state index contributed by atoms with van der Waals surface area (Å²) in [7, 11) is 1.90. The van der Waals surface area contributed by atoms with Crippen LogP contribution in [-0.4, -0.2) is 28.5 Å². The van der Waals surface area contributed by atoms with Gasteiger partial charge in [-0.2, -0.15) is 5.10 Å². The van der Waals surface area contributed by atoms with Crippen LogP contribution in [0.4, 0.5) is 4.39 Å². The standard InChI is InChI=1S/C13H22FN3/c1-3-10-8-11(17(2)16-10)9-12(14)13-6-4-5-7-15-13/h8,12-13,15H,3-7,9H2,1-2H3. The maximum Gasteiger partial charge on any atom is 0.121 e. The second kappa shape index (κ2) is 5.63. The van der Waals surface area contributed by atoms with Crippen molar-refractivity contribution in [1.82, 2.24) is 15.1 Å². The van der Waals surface area contributed by atoms with E-state index in [2.05, 4.69) is 17.3 Å². The summed E-state index contributed by atoms with van der Waals surface area (Å²) in [5.74, 6) is 0. The highest BCUT2D eigenvalue weighted by Gasteiger charge is 2.24. The molecular weight excluding hydrogens is 217 g/mol. The monoisotopic (exact) mass is 239 g/mol. The van der Waals surface area contributed by atoms with E-state index in [4.69, 9.17) is 0 Å². The quantitative estimate of drug-likeness (QED) is 0.871. The number of nitrogens with zero attached hydrogens (tertiary/aromatic N) is 2. The number of nitrogens with one attached hydrogen (secondary N) is 1. The Morgan fingerprint density at radius 1 is 1.59 bits per heavy atom. The maximum atomic E-state index is 14.2. The summed E-state index contributed by atoms with van der Waals surface area (Å²) in [6, 6.07) is 2.05. The van der Waals surface area contributed by atoms with Crippen LogP contribution in [0.1, 0.15) is 37.6 Å². The second-order valence-corrected chi connectivity index (χ2v) is 4.88. The van der Waals surface area contributed by atoms with Gasteiger partial charge in [0.25, 0.3) is 0 Å². The Hall–Kier alpha value is -0.900. The van der Waals surface area contributed by atoms with E-state index < -0.39 is 6.17 Å². The van der Waals surface area contributed by atoms with E-state index in [0.29, 0.717) is 6.42 Å². The molecule has 1 saturated heterocycles. The smallest absolute Gasteiger partial charge is 0.121 e. The molecule has 0 aliphatic carbocycles. The molecule has 1 aliphatic rings. The molecular formula is C13H22FN3. The molecule has 1 aromatic rings. The van der Waals surface area contributed by atoms with Crippen molar-refractivity contribution in [1.29, 1.82) is 0 Å². The molecule has 0 aromatic carbocycles. The van der Waals surface area contributed by atoms with Gasteiger partial charge in [0.1, 0.15) is 6.17 Å². The Labute approximate surface area is 102 Å². The predicted octanol–water partition coefficient (Wildman–Crippen LogP) is 2.01. The summed E-state index contributed by atoms with van der Waals surface area (Å²) in [5.41, 5.74) is 2.05. The van der Waals surface area contributed by atoms with Crippen LogP contribution in [0, 0.1) is 0 Å². The van der Waals surface area contributed by atoms with E-state index >= 15 is 0 Å². The third-order valence-corrected chi connectivity index (χ3v) is 3.58. The van der Waals surface area contributed by atoms with Crippen LogP contribution in [-0.2, 0) is 19.9 Å². The van der Waals surface area contributed by atoms with Crippen molar-refractivity contribution in [3.05, 3.63) is 17.5 Å².